The lowest BCUT2D eigenvalue weighted by Gasteiger charge is -2.25. The van der Waals surface area contributed by atoms with Gasteiger partial charge in [-0.15, -0.1) is 0 Å². The highest BCUT2D eigenvalue weighted by atomic mass is 31.2. The molecule has 0 saturated heterocycles. The van der Waals surface area contributed by atoms with Crippen molar-refractivity contribution in [1.29, 1.82) is 0 Å². The number of nitrogens with zero attached hydrogens (tertiary/aromatic N) is 1. The maximum Gasteiger partial charge on any atom is 0.472 e. The quantitative estimate of drug-likeness (QED) is 0.0211. The highest BCUT2D eigenvalue weighted by Crippen LogP contribution is 2.43. The molecule has 55 heavy (non-hydrogen) atoms. The normalized spacial score (nSPS) is 15.0. The van der Waals surface area contributed by atoms with Gasteiger partial charge >= 0.3 is 7.82 Å². The van der Waals surface area contributed by atoms with Gasteiger partial charge in [0.1, 0.15) is 13.2 Å². The van der Waals surface area contributed by atoms with Crippen LogP contribution in [-0.2, 0) is 18.4 Å². The van der Waals surface area contributed by atoms with Crippen LogP contribution in [0.5, 0.6) is 0 Å². The van der Waals surface area contributed by atoms with E-state index < -0.39 is 20.0 Å². The zero-order chi connectivity index (χ0) is 40.7. The summed E-state index contributed by atoms with van der Waals surface area (Å²) >= 11 is 0. The molecule has 0 fully saturated rings. The molecule has 0 aromatic heterocycles. The van der Waals surface area contributed by atoms with Crippen LogP contribution < -0.4 is 5.32 Å². The van der Waals surface area contributed by atoms with E-state index in [1.165, 1.54) is 70.6 Å². The Morgan fingerprint density at radius 1 is 0.655 bits per heavy atom. The van der Waals surface area contributed by atoms with Gasteiger partial charge in [-0.3, -0.25) is 13.8 Å². The summed E-state index contributed by atoms with van der Waals surface area (Å²) < 4.78 is 23.5. The van der Waals surface area contributed by atoms with Crippen LogP contribution in [0.2, 0.25) is 0 Å². The van der Waals surface area contributed by atoms with Crippen LogP contribution >= 0.6 is 7.82 Å². The van der Waals surface area contributed by atoms with Crippen LogP contribution in [0.25, 0.3) is 0 Å². The van der Waals surface area contributed by atoms with Gasteiger partial charge in [0.2, 0.25) is 5.91 Å². The number of allylic oxidation sites excluding steroid dienone is 9. The van der Waals surface area contributed by atoms with Gasteiger partial charge in [-0.25, -0.2) is 4.57 Å². The van der Waals surface area contributed by atoms with Gasteiger partial charge in [-0.1, -0.05) is 151 Å². The Morgan fingerprint density at radius 3 is 1.62 bits per heavy atom. The van der Waals surface area contributed by atoms with Gasteiger partial charge in [0.05, 0.1) is 39.9 Å². The number of amides is 1. The minimum Gasteiger partial charge on any atom is -0.396 e. The van der Waals surface area contributed by atoms with Crippen LogP contribution in [0.4, 0.5) is 0 Å². The summed E-state index contributed by atoms with van der Waals surface area (Å²) in [6.07, 6.45) is 45.9. The van der Waals surface area contributed by atoms with E-state index in [1.54, 1.807) is 6.08 Å². The monoisotopic (exact) mass is 796 g/mol. The van der Waals surface area contributed by atoms with Crippen molar-refractivity contribution in [2.75, 3.05) is 47.5 Å². The molecule has 0 saturated carbocycles. The Hall–Kier alpha value is -1.84. The lowest BCUT2D eigenvalue weighted by atomic mass is 10.0. The Labute approximate surface area is 337 Å². The third kappa shape index (κ3) is 40.2. The molecule has 320 valence electrons. The number of aliphatic hydroxyl groups is 2. The van der Waals surface area contributed by atoms with Gasteiger partial charge in [-0.2, -0.15) is 0 Å². The number of unbranched alkanes of at least 4 members (excludes halogenated alkanes) is 17. The second-order valence-electron chi connectivity index (χ2n) is 15.8. The topological polar surface area (TPSA) is 125 Å². The van der Waals surface area contributed by atoms with Crippen LogP contribution in [0, 0.1) is 0 Å². The van der Waals surface area contributed by atoms with Gasteiger partial charge in [0, 0.05) is 13.0 Å². The summed E-state index contributed by atoms with van der Waals surface area (Å²) in [4.78, 5) is 23.1. The molecule has 1 amide bonds. The van der Waals surface area contributed by atoms with E-state index in [0.717, 1.165) is 70.6 Å². The SMILES string of the molecule is CCCCCCCCCCCCCCC/C=C/[C@@H](O)[C@H](COP(=O)(O)OCC[N+](C)(C)C)NC(=O)CCC/C=C\C/C=C\C/C=C\C/C=C\CCCCCO. The van der Waals surface area contributed by atoms with Crippen molar-refractivity contribution in [2.24, 2.45) is 0 Å². The van der Waals surface area contributed by atoms with Crippen molar-refractivity contribution in [1.82, 2.24) is 5.32 Å². The molecule has 0 aliphatic rings. The number of phosphoric ester groups is 1. The fourth-order valence-electron chi connectivity index (χ4n) is 5.78. The summed E-state index contributed by atoms with van der Waals surface area (Å²) in [5.41, 5.74) is 0. The fraction of sp³-hybridized carbons (Fsp3) is 0.756. The first kappa shape index (κ1) is 53.2. The maximum absolute atomic E-state index is 12.8. The van der Waals surface area contributed by atoms with E-state index in [1.807, 2.05) is 27.2 Å². The predicted molar refractivity (Wildman–Crippen MR) is 232 cm³/mol. The molecular formula is C45H84N2O7P+. The van der Waals surface area contributed by atoms with Gasteiger partial charge in [0.25, 0.3) is 0 Å². The number of aliphatic hydroxyl groups excluding tert-OH is 2. The molecule has 0 bridgehead atoms. The van der Waals surface area contributed by atoms with Crippen LogP contribution in [0.3, 0.4) is 0 Å². The van der Waals surface area contributed by atoms with Crippen LogP contribution in [0.15, 0.2) is 60.8 Å². The number of likely N-dealkylation sites (N-methyl/N-ethyl adjacent to an activating group) is 1. The van der Waals surface area contributed by atoms with Gasteiger partial charge in [0.15, 0.2) is 0 Å². The summed E-state index contributed by atoms with van der Waals surface area (Å²) in [5.74, 6) is -0.243. The van der Waals surface area contributed by atoms with Gasteiger partial charge < -0.3 is 24.9 Å². The second kappa shape index (κ2) is 37.7. The van der Waals surface area contributed by atoms with Crippen molar-refractivity contribution in [3.05, 3.63) is 60.8 Å². The number of carbonyl (C=O) groups excluding carboxylic acids is 1. The van der Waals surface area contributed by atoms with Crippen molar-refractivity contribution in [3.63, 3.8) is 0 Å². The molecule has 0 aromatic rings. The summed E-state index contributed by atoms with van der Waals surface area (Å²) in [5, 5.41) is 22.6. The van der Waals surface area contributed by atoms with E-state index in [0.29, 0.717) is 17.4 Å². The maximum atomic E-state index is 12.8. The van der Waals surface area contributed by atoms with E-state index in [2.05, 4.69) is 60.8 Å². The molecule has 0 rings (SSSR count). The fourth-order valence-corrected chi connectivity index (χ4v) is 6.51. The summed E-state index contributed by atoms with van der Waals surface area (Å²) in [6.45, 7) is 2.76. The Kier molecular flexibility index (Phi) is 36.5. The molecular weight excluding hydrogens is 711 g/mol. The summed E-state index contributed by atoms with van der Waals surface area (Å²) in [7, 11) is 1.51. The zero-order valence-corrected chi connectivity index (χ0v) is 36.5. The Balaban J connectivity index is 4.56. The molecule has 0 aliphatic heterocycles. The van der Waals surface area contributed by atoms with Crippen molar-refractivity contribution >= 4 is 13.7 Å². The summed E-state index contributed by atoms with van der Waals surface area (Å²) in [6, 6.07) is -0.883. The number of nitrogens with one attached hydrogen (secondary N) is 1. The van der Waals surface area contributed by atoms with E-state index in [-0.39, 0.29) is 32.1 Å². The number of phosphoric acid groups is 1. The first-order chi connectivity index (χ1) is 26.5. The molecule has 0 spiro atoms. The average molecular weight is 796 g/mol. The standard InChI is InChI=1S/C45H83N2O7P/c1-5-6-7-8-9-10-11-12-16-19-22-25-28-31-34-37-44(49)43(42-54-55(51,52)53-41-39-47(2,3)4)46-45(50)38-35-32-29-26-23-20-17-14-13-15-18-21-24-27-30-33-36-40-48/h13,15,17,20-21,24,26,29,34,37,43-44,48-49H,5-12,14,16,18-19,22-23,25,27-28,30-33,35-36,38-42H2,1-4H3,(H-,46,50,51,52)/p+1/b15-13-,20-17-,24-21-,29-26-,37-34+/t43-,44+/m0/s1. The third-order valence-electron chi connectivity index (χ3n) is 9.29. The van der Waals surface area contributed by atoms with Crippen LogP contribution in [-0.4, -0.2) is 85.2 Å². The predicted octanol–water partition coefficient (Wildman–Crippen LogP) is 10.8. The van der Waals surface area contributed by atoms with Gasteiger partial charge in [-0.05, 0) is 64.2 Å². The first-order valence-corrected chi connectivity index (χ1v) is 23.3. The lowest BCUT2D eigenvalue weighted by Crippen LogP contribution is -2.45. The molecule has 0 aliphatic carbocycles. The number of carbonyl (C=O) groups is 1. The molecule has 1 unspecified atom stereocenters. The van der Waals surface area contributed by atoms with Crippen LogP contribution in [0.1, 0.15) is 161 Å². The van der Waals surface area contributed by atoms with E-state index in [4.69, 9.17) is 14.2 Å². The largest absolute Gasteiger partial charge is 0.472 e. The molecule has 0 aromatic carbocycles. The smallest absolute Gasteiger partial charge is 0.396 e. The van der Waals surface area contributed by atoms with Crippen molar-refractivity contribution < 1.29 is 38.0 Å². The number of quaternary nitrogens is 1. The van der Waals surface area contributed by atoms with Crippen molar-refractivity contribution in [2.45, 2.75) is 173 Å². The van der Waals surface area contributed by atoms with E-state index in [9.17, 15) is 19.4 Å². The minimum absolute atomic E-state index is 0.0439. The number of hydrogen-bond donors (Lipinski definition) is 4. The molecule has 10 heteroatoms. The first-order valence-electron chi connectivity index (χ1n) is 21.8. The molecule has 9 nitrogen and oxygen atoms in total. The average Bonchev–Trinajstić information content (AvgIpc) is 3.13. The van der Waals surface area contributed by atoms with E-state index >= 15 is 0 Å². The highest BCUT2D eigenvalue weighted by molar-refractivity contribution is 7.47. The van der Waals surface area contributed by atoms with Crippen molar-refractivity contribution in [3.8, 4) is 0 Å². The number of rotatable bonds is 39. The number of hydrogen-bond acceptors (Lipinski definition) is 6. The highest BCUT2D eigenvalue weighted by Gasteiger charge is 2.27. The zero-order valence-electron chi connectivity index (χ0n) is 35.6. The Bertz CT molecular complexity index is 1080. The molecule has 3 atom stereocenters. The molecule has 0 heterocycles. The third-order valence-corrected chi connectivity index (χ3v) is 10.3. The Morgan fingerprint density at radius 2 is 1.11 bits per heavy atom. The second-order valence-corrected chi connectivity index (χ2v) is 17.2. The molecule has 0 radical (unpaired) electrons. The minimum atomic E-state index is -4.36. The lowest BCUT2D eigenvalue weighted by molar-refractivity contribution is -0.870. The molecule has 4 N–H and O–H groups in total.